The number of para-hydroxylation sites is 2. The Hall–Kier alpha value is -7.30. The number of hydrogen-bond donors (Lipinski definition) is 1. The lowest BCUT2D eigenvalue weighted by Crippen LogP contribution is -2.53. The van der Waals surface area contributed by atoms with E-state index in [1.165, 1.54) is 55.6 Å². The Morgan fingerprint density at radius 1 is 0.576 bits per heavy atom. The number of benzene rings is 7. The lowest BCUT2D eigenvalue weighted by atomic mass is 9.33. The van der Waals surface area contributed by atoms with E-state index in [0.717, 1.165) is 47.0 Å². The fourth-order valence-electron chi connectivity index (χ4n) is 8.97. The summed E-state index contributed by atoms with van der Waals surface area (Å²) in [5.74, 6) is 0. The van der Waals surface area contributed by atoms with Gasteiger partial charge in [-0.15, -0.1) is 0 Å². The van der Waals surface area contributed by atoms with Gasteiger partial charge in [-0.3, -0.25) is 0 Å². The molecule has 0 atom stereocenters. The first-order valence-corrected chi connectivity index (χ1v) is 20.6. The highest BCUT2D eigenvalue weighted by atomic mass is 15.2. The van der Waals surface area contributed by atoms with Crippen LogP contribution in [0.4, 0.5) is 28.4 Å². The molecule has 0 amide bonds. The smallest absolute Gasteiger partial charge is 0.249 e. The van der Waals surface area contributed by atoms with Crippen LogP contribution >= 0.6 is 0 Å². The van der Waals surface area contributed by atoms with E-state index in [4.69, 9.17) is 0 Å². The molecular weight excluding hydrogens is 713 g/mol. The number of nitrogens with one attached hydrogen (secondary N) is 1. The third-order valence-corrected chi connectivity index (χ3v) is 11.7. The van der Waals surface area contributed by atoms with Gasteiger partial charge >= 0.3 is 0 Å². The number of fused-ring (bicyclic) bond motifs is 6. The van der Waals surface area contributed by atoms with E-state index in [1.807, 2.05) is 0 Å². The molecular formula is C55H44BN3. The van der Waals surface area contributed by atoms with Crippen LogP contribution in [0.1, 0.15) is 25.3 Å². The van der Waals surface area contributed by atoms with Gasteiger partial charge in [0.15, 0.2) is 0 Å². The van der Waals surface area contributed by atoms with E-state index in [1.54, 1.807) is 0 Å². The molecule has 7 aromatic carbocycles. The third kappa shape index (κ3) is 7.04. The van der Waals surface area contributed by atoms with E-state index < -0.39 is 0 Å². The van der Waals surface area contributed by atoms with E-state index in [0.29, 0.717) is 0 Å². The quantitative estimate of drug-likeness (QED) is 0.156. The highest BCUT2D eigenvalue weighted by Gasteiger charge is 2.40. The molecule has 4 heteroatoms. The normalized spacial score (nSPS) is 15.5. The molecule has 7 aromatic rings. The minimum Gasteiger partial charge on any atom is -0.360 e. The maximum absolute atomic E-state index is 3.93. The van der Waals surface area contributed by atoms with Crippen molar-refractivity contribution >= 4 is 52.2 Å². The molecule has 2 aliphatic heterocycles. The van der Waals surface area contributed by atoms with Crippen LogP contribution in [0.15, 0.2) is 235 Å². The van der Waals surface area contributed by atoms with Crippen LogP contribution in [-0.2, 0) is 0 Å². The van der Waals surface area contributed by atoms with Gasteiger partial charge in [0, 0.05) is 45.5 Å². The van der Waals surface area contributed by atoms with Crippen molar-refractivity contribution in [2.24, 2.45) is 0 Å². The summed E-state index contributed by atoms with van der Waals surface area (Å²) in [6.45, 7) is 2.19. The molecule has 3 nitrogen and oxygen atoms in total. The molecule has 1 N–H and O–H groups in total. The van der Waals surface area contributed by atoms with Crippen LogP contribution in [0, 0.1) is 0 Å². The summed E-state index contributed by atoms with van der Waals surface area (Å²) in [6.07, 6.45) is 15.6. The Balaban J connectivity index is 1.20. The van der Waals surface area contributed by atoms with Crippen molar-refractivity contribution in [1.82, 2.24) is 0 Å². The van der Waals surface area contributed by atoms with Crippen LogP contribution in [-0.4, -0.2) is 6.71 Å². The summed E-state index contributed by atoms with van der Waals surface area (Å²) in [4.78, 5) is 4.91. The Labute approximate surface area is 348 Å². The second-order valence-electron chi connectivity index (χ2n) is 15.4. The Morgan fingerprint density at radius 3 is 1.95 bits per heavy atom. The van der Waals surface area contributed by atoms with E-state index in [9.17, 15) is 0 Å². The average molecular weight is 758 g/mol. The molecule has 59 heavy (non-hydrogen) atoms. The van der Waals surface area contributed by atoms with Crippen molar-refractivity contribution in [3.63, 3.8) is 0 Å². The fraction of sp³-hybridized carbons (Fsp3) is 0.0545. The predicted octanol–water partition coefficient (Wildman–Crippen LogP) is 13.0. The SMILES string of the molecule is CC(Nc1cccc(-c2ccccc2)c1)=C1B2c3ccc(-c4ccccc4)cc3/C=C\C=C1N(c1ccccc1)c1cc(N(C3=CC=CCC3)c3ccccc3)ccc12. The van der Waals surface area contributed by atoms with Gasteiger partial charge in [0.05, 0.1) is 0 Å². The monoisotopic (exact) mass is 757 g/mol. The maximum Gasteiger partial charge on any atom is 0.249 e. The van der Waals surface area contributed by atoms with Crippen molar-refractivity contribution < 1.29 is 0 Å². The first-order chi connectivity index (χ1) is 29.2. The predicted molar refractivity (Wildman–Crippen MR) is 252 cm³/mol. The van der Waals surface area contributed by atoms with Gasteiger partial charge in [-0.25, -0.2) is 0 Å². The number of allylic oxidation sites excluding steroid dienone is 8. The number of rotatable bonds is 8. The molecule has 0 saturated carbocycles. The second kappa shape index (κ2) is 15.9. The maximum atomic E-state index is 3.93. The second-order valence-corrected chi connectivity index (χ2v) is 15.4. The summed E-state index contributed by atoms with van der Waals surface area (Å²) < 4.78 is 0. The molecule has 0 fully saturated rings. The van der Waals surface area contributed by atoms with Crippen molar-refractivity contribution in [1.29, 1.82) is 0 Å². The lowest BCUT2D eigenvalue weighted by molar-refractivity contribution is 0.917. The molecule has 0 unspecified atom stereocenters. The van der Waals surface area contributed by atoms with Gasteiger partial charge in [-0.05, 0) is 125 Å². The van der Waals surface area contributed by atoms with Gasteiger partial charge in [-0.2, -0.15) is 0 Å². The first kappa shape index (κ1) is 36.1. The van der Waals surface area contributed by atoms with Crippen molar-refractivity contribution in [2.45, 2.75) is 19.8 Å². The van der Waals surface area contributed by atoms with E-state index in [-0.39, 0.29) is 6.71 Å². The van der Waals surface area contributed by atoms with Crippen LogP contribution in [0.3, 0.4) is 0 Å². The Morgan fingerprint density at radius 2 is 1.24 bits per heavy atom. The van der Waals surface area contributed by atoms with Crippen molar-refractivity contribution in [3.05, 3.63) is 240 Å². The Bertz CT molecular complexity index is 2800. The molecule has 0 radical (unpaired) electrons. The topological polar surface area (TPSA) is 18.5 Å². The molecule has 3 aliphatic rings. The highest BCUT2D eigenvalue weighted by molar-refractivity contribution is 6.94. The zero-order chi connectivity index (χ0) is 39.5. The van der Waals surface area contributed by atoms with E-state index >= 15 is 0 Å². The summed E-state index contributed by atoms with van der Waals surface area (Å²) in [5.41, 5.74) is 19.0. The van der Waals surface area contributed by atoms with Crippen LogP contribution in [0.25, 0.3) is 28.3 Å². The summed E-state index contributed by atoms with van der Waals surface area (Å²) in [6, 6.07) is 65.9. The average Bonchev–Trinajstić information content (AvgIpc) is 3.30. The lowest BCUT2D eigenvalue weighted by Gasteiger charge is -2.41. The van der Waals surface area contributed by atoms with Gasteiger partial charge < -0.3 is 15.1 Å². The summed E-state index contributed by atoms with van der Waals surface area (Å²) >= 11 is 0. The van der Waals surface area contributed by atoms with Crippen LogP contribution in [0.2, 0.25) is 0 Å². The van der Waals surface area contributed by atoms with Crippen molar-refractivity contribution in [2.75, 3.05) is 15.1 Å². The highest BCUT2D eigenvalue weighted by Crippen LogP contribution is 2.43. The van der Waals surface area contributed by atoms with Crippen LogP contribution < -0.4 is 26.0 Å². The van der Waals surface area contributed by atoms with E-state index in [2.05, 4.69) is 240 Å². The molecule has 2 heterocycles. The zero-order valence-electron chi connectivity index (χ0n) is 33.2. The molecule has 2 bridgehead atoms. The van der Waals surface area contributed by atoms with Gasteiger partial charge in [0.25, 0.3) is 0 Å². The third-order valence-electron chi connectivity index (χ3n) is 11.7. The molecule has 0 aromatic heterocycles. The number of anilines is 5. The molecule has 1 aliphatic carbocycles. The molecule has 0 spiro atoms. The largest absolute Gasteiger partial charge is 0.360 e. The first-order valence-electron chi connectivity index (χ1n) is 20.6. The summed E-state index contributed by atoms with van der Waals surface area (Å²) in [5, 5.41) is 3.93. The molecule has 282 valence electrons. The fourth-order valence-corrected chi connectivity index (χ4v) is 8.97. The Kier molecular flexibility index (Phi) is 9.73. The van der Waals surface area contributed by atoms with Gasteiger partial charge in [0.1, 0.15) is 0 Å². The minimum atomic E-state index is -0.0538. The number of hydrogen-bond acceptors (Lipinski definition) is 3. The van der Waals surface area contributed by atoms with Crippen LogP contribution in [0.5, 0.6) is 0 Å². The zero-order valence-corrected chi connectivity index (χ0v) is 33.2. The van der Waals surface area contributed by atoms with Gasteiger partial charge in [0.2, 0.25) is 6.71 Å². The molecule has 0 saturated heterocycles. The standard InChI is InChI=1S/C55H44BN3/c1-40(57-46-25-17-23-43(38-46)41-19-7-2-8-20-41)55-53-32-18-24-45-37-44(42-21-9-3-10-22-42)33-35-51(45)56(55)52-36-34-50(39-54(52)59(53)49-30-15-6-16-31-49)58(47-26-11-4-12-27-47)48-28-13-5-14-29-48/h2-13,15-28,30-39,57H,14,29H2,1H3/b24-18-,53-32?,55-40?. The summed E-state index contributed by atoms with van der Waals surface area (Å²) in [7, 11) is 0. The minimum absolute atomic E-state index is 0.0538. The molecule has 10 rings (SSSR count). The number of nitrogens with zero attached hydrogens (tertiary/aromatic N) is 2. The van der Waals surface area contributed by atoms with Crippen molar-refractivity contribution in [3.8, 4) is 22.3 Å². The van der Waals surface area contributed by atoms with Gasteiger partial charge in [-0.1, -0.05) is 157 Å².